The molecule has 8 N–H and O–H groups in total. The van der Waals surface area contributed by atoms with Gasteiger partial charge in [-0.2, -0.15) is 12.6 Å². The highest BCUT2D eigenvalue weighted by molar-refractivity contribution is 7.80. The summed E-state index contributed by atoms with van der Waals surface area (Å²) >= 11 is 4.07. The van der Waals surface area contributed by atoms with Crippen LogP contribution in [0, 0.1) is 5.92 Å². The zero-order valence-electron chi connectivity index (χ0n) is 19.9. The van der Waals surface area contributed by atoms with E-state index in [1.807, 2.05) is 24.3 Å². The highest BCUT2D eigenvalue weighted by atomic mass is 32.1. The summed E-state index contributed by atoms with van der Waals surface area (Å²) in [5.41, 5.74) is 7.07. The topological polar surface area (TPSA) is 204 Å². The fraction of sp³-hybridized carbons (Fsp3) is 0.435. The smallest absolute Gasteiger partial charge is 0.326 e. The van der Waals surface area contributed by atoms with Gasteiger partial charge in [-0.3, -0.25) is 19.2 Å². The van der Waals surface area contributed by atoms with Crippen molar-refractivity contribution in [2.24, 2.45) is 11.7 Å². The first-order chi connectivity index (χ1) is 16.9. The lowest BCUT2D eigenvalue weighted by Crippen LogP contribution is -2.58. The van der Waals surface area contributed by atoms with E-state index in [0.717, 1.165) is 10.9 Å². The second-order valence-electron chi connectivity index (χ2n) is 8.64. The molecule has 2 aromatic rings. The number of aromatic nitrogens is 1. The molecule has 1 aromatic carbocycles. The SMILES string of the molecule is CC(C)C(NC(=O)C(Cc1c[nH]c2ccccc12)NC(=O)C(CS)NC(=O)C(N)CC(=O)O)C(=O)O. The number of nitrogens with one attached hydrogen (secondary N) is 4. The Kier molecular flexibility index (Phi) is 10.3. The third-order valence-electron chi connectivity index (χ3n) is 5.51. The molecule has 1 heterocycles. The van der Waals surface area contributed by atoms with E-state index in [4.69, 9.17) is 10.8 Å². The van der Waals surface area contributed by atoms with Gasteiger partial charge in [-0.1, -0.05) is 32.0 Å². The van der Waals surface area contributed by atoms with Crippen LogP contribution in [0.25, 0.3) is 10.9 Å². The predicted octanol–water partition coefficient (Wildman–Crippen LogP) is -0.363. The average molecular weight is 522 g/mol. The number of rotatable bonds is 13. The van der Waals surface area contributed by atoms with Crippen LogP contribution in [0.5, 0.6) is 0 Å². The number of thiol groups is 1. The van der Waals surface area contributed by atoms with Crippen molar-refractivity contribution in [3.05, 3.63) is 36.0 Å². The van der Waals surface area contributed by atoms with Crippen LogP contribution in [0.2, 0.25) is 0 Å². The van der Waals surface area contributed by atoms with Gasteiger partial charge in [0.2, 0.25) is 17.7 Å². The number of carboxylic acid groups (broad SMARTS) is 2. The summed E-state index contributed by atoms with van der Waals surface area (Å²) in [5.74, 6) is -5.44. The summed E-state index contributed by atoms with van der Waals surface area (Å²) in [6.07, 6.45) is 1.08. The van der Waals surface area contributed by atoms with Crippen molar-refractivity contribution in [2.45, 2.75) is 50.9 Å². The molecule has 12 nitrogen and oxygen atoms in total. The normalized spacial score (nSPS) is 14.5. The number of aromatic amines is 1. The van der Waals surface area contributed by atoms with E-state index in [9.17, 15) is 29.1 Å². The molecule has 0 aliphatic rings. The quantitative estimate of drug-likeness (QED) is 0.163. The zero-order chi connectivity index (χ0) is 27.0. The molecule has 196 valence electrons. The first kappa shape index (κ1) is 28.7. The highest BCUT2D eigenvalue weighted by Crippen LogP contribution is 2.19. The Labute approximate surface area is 212 Å². The Morgan fingerprint density at radius 2 is 1.58 bits per heavy atom. The maximum absolute atomic E-state index is 13.1. The molecule has 13 heteroatoms. The zero-order valence-corrected chi connectivity index (χ0v) is 20.7. The van der Waals surface area contributed by atoms with Crippen molar-refractivity contribution in [3.63, 3.8) is 0 Å². The fourth-order valence-corrected chi connectivity index (χ4v) is 3.78. The molecule has 36 heavy (non-hydrogen) atoms. The van der Waals surface area contributed by atoms with E-state index in [1.54, 1.807) is 20.0 Å². The summed E-state index contributed by atoms with van der Waals surface area (Å²) in [4.78, 5) is 63.8. The maximum atomic E-state index is 13.1. The van der Waals surface area contributed by atoms with Gasteiger partial charge >= 0.3 is 11.9 Å². The van der Waals surface area contributed by atoms with Crippen LogP contribution in [-0.2, 0) is 30.4 Å². The minimum absolute atomic E-state index is 0.0256. The summed E-state index contributed by atoms with van der Waals surface area (Å²) in [6.45, 7) is 3.28. The number of para-hydroxylation sites is 1. The van der Waals surface area contributed by atoms with E-state index in [1.165, 1.54) is 0 Å². The van der Waals surface area contributed by atoms with Gasteiger partial charge in [-0.25, -0.2) is 4.79 Å². The van der Waals surface area contributed by atoms with Crippen LogP contribution in [-0.4, -0.2) is 74.8 Å². The van der Waals surface area contributed by atoms with Gasteiger partial charge in [0.1, 0.15) is 18.1 Å². The number of benzene rings is 1. The number of carboxylic acids is 2. The van der Waals surface area contributed by atoms with Crippen LogP contribution in [0.4, 0.5) is 0 Å². The molecular formula is C23H31N5O7S. The number of aliphatic carboxylic acids is 2. The molecule has 0 saturated heterocycles. The number of carbonyl (C=O) groups excluding carboxylic acids is 3. The molecule has 2 rings (SSSR count). The number of H-pyrrole nitrogens is 1. The number of hydrogen-bond acceptors (Lipinski definition) is 7. The molecule has 0 aliphatic heterocycles. The van der Waals surface area contributed by atoms with Crippen molar-refractivity contribution in [1.29, 1.82) is 0 Å². The minimum Gasteiger partial charge on any atom is -0.481 e. The molecule has 4 atom stereocenters. The standard InChI is InChI=1S/C23H31N5O7S/c1-11(2)19(23(34)35)28-21(32)16(7-12-9-25-15-6-4-3-5-13(12)15)26-22(33)17(10-36)27-20(31)14(24)8-18(29)30/h3-6,9,11,14,16-17,19,25,36H,7-8,10,24H2,1-2H3,(H,26,33)(H,27,31)(H,28,32)(H,29,30)(H,34,35). The van der Waals surface area contributed by atoms with Crippen molar-refractivity contribution in [3.8, 4) is 0 Å². The third kappa shape index (κ3) is 7.71. The van der Waals surface area contributed by atoms with Crippen molar-refractivity contribution >= 4 is 53.2 Å². The summed E-state index contributed by atoms with van der Waals surface area (Å²) in [6, 6.07) is 2.36. The molecule has 0 fully saturated rings. The van der Waals surface area contributed by atoms with Crippen LogP contribution in [0.1, 0.15) is 25.8 Å². The van der Waals surface area contributed by atoms with Crippen LogP contribution in [0.15, 0.2) is 30.5 Å². The number of nitrogens with two attached hydrogens (primary N) is 1. The Morgan fingerprint density at radius 3 is 2.17 bits per heavy atom. The highest BCUT2D eigenvalue weighted by Gasteiger charge is 2.31. The lowest BCUT2D eigenvalue weighted by molar-refractivity contribution is -0.143. The molecular weight excluding hydrogens is 490 g/mol. The number of hydrogen-bond donors (Lipinski definition) is 8. The lowest BCUT2D eigenvalue weighted by atomic mass is 10.0. The van der Waals surface area contributed by atoms with Crippen molar-refractivity contribution < 1.29 is 34.2 Å². The second kappa shape index (κ2) is 12.9. The van der Waals surface area contributed by atoms with E-state index in [-0.39, 0.29) is 12.2 Å². The average Bonchev–Trinajstić information content (AvgIpc) is 3.21. The molecule has 4 unspecified atom stereocenters. The van der Waals surface area contributed by atoms with Crippen LogP contribution in [0.3, 0.4) is 0 Å². The van der Waals surface area contributed by atoms with Gasteiger partial charge in [-0.05, 0) is 17.5 Å². The summed E-state index contributed by atoms with van der Waals surface area (Å²) < 4.78 is 0. The van der Waals surface area contributed by atoms with Gasteiger partial charge in [0.15, 0.2) is 0 Å². The maximum Gasteiger partial charge on any atom is 0.326 e. The molecule has 0 saturated carbocycles. The van der Waals surface area contributed by atoms with E-state index < -0.39 is 66.2 Å². The Bertz CT molecular complexity index is 1120. The third-order valence-corrected chi connectivity index (χ3v) is 5.87. The number of amides is 3. The first-order valence-electron chi connectivity index (χ1n) is 11.2. The molecule has 3 amide bonds. The van der Waals surface area contributed by atoms with Crippen LogP contribution < -0.4 is 21.7 Å². The molecule has 0 spiro atoms. The van der Waals surface area contributed by atoms with Crippen LogP contribution >= 0.6 is 12.6 Å². The van der Waals surface area contributed by atoms with E-state index in [0.29, 0.717) is 5.56 Å². The first-order valence-corrected chi connectivity index (χ1v) is 11.8. The minimum atomic E-state index is -1.38. The van der Waals surface area contributed by atoms with E-state index >= 15 is 0 Å². The number of carbonyl (C=O) groups is 5. The Morgan fingerprint density at radius 1 is 0.972 bits per heavy atom. The van der Waals surface area contributed by atoms with Crippen molar-refractivity contribution in [2.75, 3.05) is 5.75 Å². The summed E-state index contributed by atoms with van der Waals surface area (Å²) in [5, 5.41) is 26.5. The van der Waals surface area contributed by atoms with Gasteiger partial charge in [0, 0.05) is 29.3 Å². The molecule has 0 radical (unpaired) electrons. The van der Waals surface area contributed by atoms with Gasteiger partial charge in [0.05, 0.1) is 12.5 Å². The molecule has 1 aromatic heterocycles. The number of fused-ring (bicyclic) bond motifs is 1. The van der Waals surface area contributed by atoms with Gasteiger partial charge < -0.3 is 36.9 Å². The largest absolute Gasteiger partial charge is 0.481 e. The van der Waals surface area contributed by atoms with Gasteiger partial charge in [0.25, 0.3) is 0 Å². The summed E-state index contributed by atoms with van der Waals surface area (Å²) in [7, 11) is 0. The Hall–Kier alpha value is -3.58. The van der Waals surface area contributed by atoms with Gasteiger partial charge in [-0.15, -0.1) is 0 Å². The fourth-order valence-electron chi connectivity index (χ4n) is 3.52. The van der Waals surface area contributed by atoms with E-state index in [2.05, 4.69) is 33.6 Å². The molecule has 0 aliphatic carbocycles. The second-order valence-corrected chi connectivity index (χ2v) is 9.01. The lowest BCUT2D eigenvalue weighted by Gasteiger charge is -2.25. The van der Waals surface area contributed by atoms with Crippen molar-refractivity contribution in [1.82, 2.24) is 20.9 Å². The Balaban J connectivity index is 2.26. The molecule has 0 bridgehead atoms. The monoisotopic (exact) mass is 521 g/mol. The predicted molar refractivity (Wildman–Crippen MR) is 134 cm³/mol.